The molecule has 5 rings (SSSR count). The molecule has 2 N–H and O–H groups in total. The third kappa shape index (κ3) is 3.85. The van der Waals surface area contributed by atoms with E-state index in [1.165, 1.54) is 0 Å². The quantitative estimate of drug-likeness (QED) is 0.514. The molecule has 1 aliphatic carbocycles. The van der Waals surface area contributed by atoms with Gasteiger partial charge in [0.2, 0.25) is 0 Å². The summed E-state index contributed by atoms with van der Waals surface area (Å²) in [6.45, 7) is 0. The summed E-state index contributed by atoms with van der Waals surface area (Å²) in [6, 6.07) is 21.5. The van der Waals surface area contributed by atoms with Gasteiger partial charge in [0.15, 0.2) is 17.3 Å². The first-order valence-corrected chi connectivity index (χ1v) is 11.4. The number of rotatable bonds is 5. The van der Waals surface area contributed by atoms with Gasteiger partial charge in [-0.15, -0.1) is 0 Å². The second-order valence-electron chi connectivity index (χ2n) is 8.52. The molecule has 0 unspecified atom stereocenters. The van der Waals surface area contributed by atoms with E-state index in [1.807, 2.05) is 60.7 Å². The van der Waals surface area contributed by atoms with Crippen molar-refractivity contribution in [2.75, 3.05) is 32.0 Å². The average molecular weight is 457 g/mol. The van der Waals surface area contributed by atoms with E-state index < -0.39 is 0 Å². The third-order valence-corrected chi connectivity index (χ3v) is 6.63. The van der Waals surface area contributed by atoms with Crippen LogP contribution in [-0.2, 0) is 4.79 Å². The van der Waals surface area contributed by atoms with Crippen LogP contribution in [0.15, 0.2) is 78.0 Å². The zero-order valence-corrected chi connectivity index (χ0v) is 19.6. The maximum Gasteiger partial charge on any atom is 0.163 e. The lowest BCUT2D eigenvalue weighted by Gasteiger charge is -2.30. The fourth-order valence-electron chi connectivity index (χ4n) is 5.00. The molecule has 3 aromatic rings. The number of methoxy groups -OCH3 is 3. The number of ether oxygens (including phenoxy) is 3. The van der Waals surface area contributed by atoms with Crippen LogP contribution in [0.3, 0.4) is 0 Å². The van der Waals surface area contributed by atoms with E-state index in [0.717, 1.165) is 39.5 Å². The molecule has 6 heteroatoms. The number of carbonyl (C=O) groups excluding carboxylic acids is 1. The minimum Gasteiger partial charge on any atom is -0.496 e. The molecule has 1 heterocycles. The van der Waals surface area contributed by atoms with Gasteiger partial charge in [-0.1, -0.05) is 36.4 Å². The number of Topliss-reactive ketones (excluding diaryl/α,β-unsaturated/α-hetero) is 1. The van der Waals surface area contributed by atoms with Crippen LogP contribution in [-0.4, -0.2) is 27.1 Å². The lowest BCUT2D eigenvalue weighted by atomic mass is 9.78. The van der Waals surface area contributed by atoms with Crippen molar-refractivity contribution in [3.05, 3.63) is 89.1 Å². The highest BCUT2D eigenvalue weighted by molar-refractivity contribution is 6.01. The molecule has 0 aromatic heterocycles. The smallest absolute Gasteiger partial charge is 0.163 e. The van der Waals surface area contributed by atoms with Crippen LogP contribution >= 0.6 is 0 Å². The fourth-order valence-corrected chi connectivity index (χ4v) is 5.00. The normalized spacial score (nSPS) is 19.2. The maximum absolute atomic E-state index is 13.7. The Balaban J connectivity index is 1.62. The predicted octanol–water partition coefficient (Wildman–Crippen LogP) is 5.69. The number of nitrogens with one attached hydrogen (secondary N) is 2. The van der Waals surface area contributed by atoms with Gasteiger partial charge in [-0.05, 0) is 47.9 Å². The first-order valence-electron chi connectivity index (χ1n) is 11.4. The Morgan fingerprint density at radius 1 is 0.765 bits per heavy atom. The van der Waals surface area contributed by atoms with Crippen molar-refractivity contribution in [2.45, 2.75) is 24.8 Å². The Labute approximate surface area is 199 Å². The number of anilines is 2. The van der Waals surface area contributed by atoms with Crippen molar-refractivity contribution >= 4 is 17.2 Å². The summed E-state index contributed by atoms with van der Waals surface area (Å²) in [6.07, 6.45) is 1.13. The van der Waals surface area contributed by atoms with E-state index in [-0.39, 0.29) is 17.7 Å². The average Bonchev–Trinajstić information content (AvgIpc) is 3.05. The number of hydrogen-bond donors (Lipinski definition) is 2. The number of carbonyl (C=O) groups is 1. The van der Waals surface area contributed by atoms with Gasteiger partial charge in [-0.3, -0.25) is 4.79 Å². The molecule has 2 aliphatic rings. The molecule has 0 radical (unpaired) electrons. The Morgan fingerprint density at radius 3 is 2.24 bits per heavy atom. The molecule has 0 bridgehead atoms. The van der Waals surface area contributed by atoms with Gasteiger partial charge >= 0.3 is 0 Å². The minimum atomic E-state index is -0.322. The predicted molar refractivity (Wildman–Crippen MR) is 133 cm³/mol. The zero-order chi connectivity index (χ0) is 23.7. The van der Waals surface area contributed by atoms with Crippen molar-refractivity contribution < 1.29 is 19.0 Å². The summed E-state index contributed by atoms with van der Waals surface area (Å²) in [5, 5.41) is 7.19. The summed E-state index contributed by atoms with van der Waals surface area (Å²) in [4.78, 5) is 13.7. The van der Waals surface area contributed by atoms with Crippen LogP contribution in [0, 0.1) is 0 Å². The molecule has 0 saturated carbocycles. The highest BCUT2D eigenvalue weighted by atomic mass is 16.5. The first kappa shape index (κ1) is 21.9. The number of para-hydroxylation sites is 3. The van der Waals surface area contributed by atoms with E-state index >= 15 is 0 Å². The van der Waals surface area contributed by atoms with Crippen molar-refractivity contribution in [1.82, 2.24) is 0 Å². The van der Waals surface area contributed by atoms with Gasteiger partial charge < -0.3 is 24.8 Å². The van der Waals surface area contributed by atoms with Crippen LogP contribution in [0.4, 0.5) is 11.4 Å². The number of hydrogen-bond acceptors (Lipinski definition) is 6. The van der Waals surface area contributed by atoms with Gasteiger partial charge in [0.25, 0.3) is 0 Å². The molecule has 2 atom stereocenters. The largest absolute Gasteiger partial charge is 0.496 e. The molecule has 1 aliphatic heterocycles. The first-order chi connectivity index (χ1) is 16.6. The van der Waals surface area contributed by atoms with Crippen molar-refractivity contribution in [3.8, 4) is 17.2 Å². The van der Waals surface area contributed by atoms with Gasteiger partial charge in [0.1, 0.15) is 5.75 Å². The molecule has 6 nitrogen and oxygen atoms in total. The minimum absolute atomic E-state index is 0.0335. The van der Waals surface area contributed by atoms with E-state index in [0.29, 0.717) is 24.3 Å². The second-order valence-corrected chi connectivity index (χ2v) is 8.52. The van der Waals surface area contributed by atoms with Crippen LogP contribution in [0.1, 0.15) is 35.9 Å². The molecule has 3 aromatic carbocycles. The van der Waals surface area contributed by atoms with Gasteiger partial charge in [0.05, 0.1) is 38.7 Å². The number of benzene rings is 3. The standard InChI is InChI=1S/C28H28N2O4/c1-32-24-11-7-4-8-19(24)18-14-22-27(23(31)15-18)28(30-21-10-6-5-9-20(21)29-22)17-12-13-25(33-2)26(16-17)34-3/h4-13,16,18,28-30H,14-15H2,1-3H3/t18-,28-/m0/s1. The van der Waals surface area contributed by atoms with E-state index in [4.69, 9.17) is 14.2 Å². The van der Waals surface area contributed by atoms with Crippen molar-refractivity contribution in [1.29, 1.82) is 0 Å². The lowest BCUT2D eigenvalue weighted by Crippen LogP contribution is -2.27. The van der Waals surface area contributed by atoms with Crippen molar-refractivity contribution in [3.63, 3.8) is 0 Å². The van der Waals surface area contributed by atoms with Gasteiger partial charge in [-0.2, -0.15) is 0 Å². The lowest BCUT2D eigenvalue weighted by molar-refractivity contribution is -0.116. The van der Waals surface area contributed by atoms with Gasteiger partial charge in [-0.25, -0.2) is 0 Å². The Hall–Kier alpha value is -3.93. The van der Waals surface area contributed by atoms with E-state index in [2.05, 4.69) is 16.7 Å². The number of fused-ring (bicyclic) bond motifs is 1. The molecule has 0 fully saturated rings. The van der Waals surface area contributed by atoms with E-state index in [1.54, 1.807) is 21.3 Å². The zero-order valence-electron chi connectivity index (χ0n) is 19.6. The molecule has 0 saturated heterocycles. The molecular weight excluding hydrogens is 428 g/mol. The summed E-state index contributed by atoms with van der Waals surface area (Å²) in [5.41, 5.74) is 5.58. The van der Waals surface area contributed by atoms with Gasteiger partial charge in [0, 0.05) is 23.6 Å². The number of allylic oxidation sites excluding steroid dienone is 1. The van der Waals surface area contributed by atoms with Crippen molar-refractivity contribution in [2.24, 2.45) is 0 Å². The summed E-state index contributed by atoms with van der Waals surface area (Å²) < 4.78 is 16.6. The number of ketones is 1. The molecule has 0 amide bonds. The summed E-state index contributed by atoms with van der Waals surface area (Å²) >= 11 is 0. The fraction of sp³-hybridized carbons (Fsp3) is 0.250. The topological polar surface area (TPSA) is 68.8 Å². The van der Waals surface area contributed by atoms with Crippen LogP contribution < -0.4 is 24.8 Å². The monoisotopic (exact) mass is 456 g/mol. The van der Waals surface area contributed by atoms with E-state index in [9.17, 15) is 4.79 Å². The molecular formula is C28H28N2O4. The molecule has 174 valence electrons. The highest BCUT2D eigenvalue weighted by Gasteiger charge is 2.37. The molecule has 34 heavy (non-hydrogen) atoms. The Bertz CT molecular complexity index is 1270. The molecule has 0 spiro atoms. The third-order valence-electron chi connectivity index (χ3n) is 6.63. The Kier molecular flexibility index (Phi) is 5.88. The SMILES string of the molecule is COc1ccc([C@@H]2Nc3ccccc3NC3=C2C(=O)C[C@@H](c2ccccc2OC)C3)cc1OC. The van der Waals surface area contributed by atoms with Crippen LogP contribution in [0.25, 0.3) is 0 Å². The highest BCUT2D eigenvalue weighted by Crippen LogP contribution is 2.46. The summed E-state index contributed by atoms with van der Waals surface area (Å²) in [7, 11) is 4.91. The van der Waals surface area contributed by atoms with Crippen LogP contribution in [0.2, 0.25) is 0 Å². The van der Waals surface area contributed by atoms with Crippen LogP contribution in [0.5, 0.6) is 17.2 Å². The Morgan fingerprint density at radius 2 is 1.47 bits per heavy atom. The second kappa shape index (κ2) is 9.14. The summed E-state index contributed by atoms with van der Waals surface area (Å²) in [5.74, 6) is 2.24. The maximum atomic E-state index is 13.7.